The Morgan fingerprint density at radius 2 is 1.90 bits per heavy atom. The molecule has 6 rings (SSSR count). The number of nitrogens with two attached hydrogens (primary N) is 1. The topological polar surface area (TPSA) is 109 Å². The molecule has 4 aromatic rings. The van der Waals surface area contributed by atoms with E-state index in [1.807, 2.05) is 28.9 Å². The van der Waals surface area contributed by atoms with Gasteiger partial charge in [-0.2, -0.15) is 10.4 Å². The van der Waals surface area contributed by atoms with E-state index in [0.29, 0.717) is 21.5 Å². The quantitative estimate of drug-likeness (QED) is 0.347. The summed E-state index contributed by atoms with van der Waals surface area (Å²) in [4.78, 5) is 14.4. The first-order valence-corrected chi connectivity index (χ1v) is 14.3. The van der Waals surface area contributed by atoms with Crippen LogP contribution in [0.5, 0.6) is 0 Å². The van der Waals surface area contributed by atoms with E-state index < -0.39 is 0 Å². The number of hydrogen-bond donors (Lipinski definition) is 1. The fourth-order valence-electron chi connectivity index (χ4n) is 5.60. The van der Waals surface area contributed by atoms with Crippen molar-refractivity contribution in [1.82, 2.24) is 24.5 Å². The number of anilines is 2. The van der Waals surface area contributed by atoms with Crippen LogP contribution in [0.4, 0.5) is 11.6 Å². The average Bonchev–Trinajstić information content (AvgIpc) is 3.35. The number of nitrogen functional groups attached to an aromatic ring is 1. The lowest BCUT2D eigenvalue weighted by molar-refractivity contribution is 0.0336. The Morgan fingerprint density at radius 1 is 1.05 bits per heavy atom. The Morgan fingerprint density at radius 3 is 2.67 bits per heavy atom. The van der Waals surface area contributed by atoms with Crippen molar-refractivity contribution in [2.24, 2.45) is 5.92 Å². The maximum atomic E-state index is 9.19. The molecule has 1 atom stereocenters. The highest BCUT2D eigenvalue weighted by molar-refractivity contribution is 6.36. The molecule has 0 saturated carbocycles. The van der Waals surface area contributed by atoms with Gasteiger partial charge in [0.15, 0.2) is 5.82 Å². The zero-order valence-electron chi connectivity index (χ0n) is 22.1. The standard InChI is InChI=1S/C29H30Cl2N8O/c30-21-4-6-24(25(31)13-21)26-18-39-27(14-23(36-39)17-37-8-10-40-11-9-37)29(35-26)38-7-1-2-19(16-38)12-22-5-3-20(15-32)28(33)34-22/h3-6,13-14,18-19H,1-2,7-12,16-17H2,(H2,33,34). The summed E-state index contributed by atoms with van der Waals surface area (Å²) in [5.74, 6) is 1.55. The maximum Gasteiger partial charge on any atom is 0.155 e. The zero-order valence-corrected chi connectivity index (χ0v) is 23.6. The van der Waals surface area contributed by atoms with Crippen molar-refractivity contribution in [2.45, 2.75) is 25.8 Å². The predicted octanol–water partition coefficient (Wildman–Crippen LogP) is 4.84. The van der Waals surface area contributed by atoms with Crippen LogP contribution in [0.3, 0.4) is 0 Å². The molecule has 0 aliphatic carbocycles. The van der Waals surface area contributed by atoms with E-state index in [2.05, 4.69) is 26.9 Å². The summed E-state index contributed by atoms with van der Waals surface area (Å²) in [6, 6.07) is 13.4. The van der Waals surface area contributed by atoms with Gasteiger partial charge in [-0.3, -0.25) is 4.90 Å². The Labute approximate surface area is 243 Å². The minimum atomic E-state index is 0.288. The summed E-state index contributed by atoms with van der Waals surface area (Å²) in [6.45, 7) is 5.76. The van der Waals surface area contributed by atoms with Crippen LogP contribution in [0.25, 0.3) is 16.8 Å². The van der Waals surface area contributed by atoms with Gasteiger partial charge >= 0.3 is 0 Å². The lowest BCUT2D eigenvalue weighted by Crippen LogP contribution is -2.37. The van der Waals surface area contributed by atoms with Gasteiger partial charge in [0.1, 0.15) is 17.4 Å². The van der Waals surface area contributed by atoms with Crippen LogP contribution < -0.4 is 10.6 Å². The van der Waals surface area contributed by atoms with Crippen molar-refractivity contribution in [3.63, 3.8) is 0 Å². The number of pyridine rings is 1. The molecule has 0 radical (unpaired) electrons. The first-order valence-electron chi connectivity index (χ1n) is 13.5. The van der Waals surface area contributed by atoms with Gasteiger partial charge < -0.3 is 15.4 Å². The van der Waals surface area contributed by atoms with Crippen LogP contribution in [0.2, 0.25) is 10.0 Å². The van der Waals surface area contributed by atoms with E-state index >= 15 is 0 Å². The van der Waals surface area contributed by atoms with E-state index in [9.17, 15) is 5.26 Å². The lowest BCUT2D eigenvalue weighted by Gasteiger charge is -2.34. The molecule has 1 aromatic carbocycles. The first-order chi connectivity index (χ1) is 19.5. The summed E-state index contributed by atoms with van der Waals surface area (Å²) in [5, 5.41) is 15.3. The second kappa shape index (κ2) is 11.6. The molecule has 206 valence electrons. The summed E-state index contributed by atoms with van der Waals surface area (Å²) in [5.41, 5.74) is 10.8. The molecule has 2 saturated heterocycles. The van der Waals surface area contributed by atoms with Crippen LogP contribution in [0.15, 0.2) is 42.6 Å². The minimum Gasteiger partial charge on any atom is -0.383 e. The Bertz CT molecular complexity index is 1580. The Balaban J connectivity index is 1.34. The van der Waals surface area contributed by atoms with E-state index in [4.69, 9.17) is 43.8 Å². The van der Waals surface area contributed by atoms with Gasteiger partial charge in [-0.1, -0.05) is 23.2 Å². The number of aromatic nitrogens is 4. The molecule has 2 fully saturated rings. The molecule has 2 aliphatic rings. The van der Waals surface area contributed by atoms with Gasteiger partial charge in [0.05, 0.1) is 41.4 Å². The normalized spacial score (nSPS) is 18.2. The maximum absolute atomic E-state index is 9.19. The number of piperidine rings is 1. The number of rotatable bonds is 6. The van der Waals surface area contributed by atoms with Gasteiger partial charge in [-0.25, -0.2) is 14.5 Å². The molecule has 2 N–H and O–H groups in total. The van der Waals surface area contributed by atoms with E-state index in [-0.39, 0.29) is 5.82 Å². The fourth-order valence-corrected chi connectivity index (χ4v) is 6.10. The van der Waals surface area contributed by atoms with Gasteiger partial charge in [-0.15, -0.1) is 0 Å². The summed E-state index contributed by atoms with van der Waals surface area (Å²) in [7, 11) is 0. The van der Waals surface area contributed by atoms with Crippen molar-refractivity contribution >= 4 is 40.4 Å². The van der Waals surface area contributed by atoms with Crippen LogP contribution in [-0.4, -0.2) is 63.9 Å². The number of halogens is 2. The van der Waals surface area contributed by atoms with E-state index in [1.54, 1.807) is 12.1 Å². The minimum absolute atomic E-state index is 0.288. The van der Waals surface area contributed by atoms with Crippen molar-refractivity contribution in [3.8, 4) is 17.3 Å². The highest BCUT2D eigenvalue weighted by Crippen LogP contribution is 2.34. The van der Waals surface area contributed by atoms with E-state index in [1.165, 1.54) is 0 Å². The fraction of sp³-hybridized carbons (Fsp3) is 0.379. The average molecular weight is 578 g/mol. The summed E-state index contributed by atoms with van der Waals surface area (Å²) < 4.78 is 7.45. The lowest BCUT2D eigenvalue weighted by atomic mass is 9.93. The smallest absolute Gasteiger partial charge is 0.155 e. The van der Waals surface area contributed by atoms with Crippen molar-refractivity contribution in [1.29, 1.82) is 5.26 Å². The largest absolute Gasteiger partial charge is 0.383 e. The van der Waals surface area contributed by atoms with Gasteiger partial charge in [0, 0.05) is 49.0 Å². The number of fused-ring (bicyclic) bond motifs is 1. The molecule has 9 nitrogen and oxygen atoms in total. The number of benzene rings is 1. The van der Waals surface area contributed by atoms with Crippen molar-refractivity contribution in [3.05, 3.63) is 69.6 Å². The monoisotopic (exact) mass is 576 g/mol. The van der Waals surface area contributed by atoms with Crippen molar-refractivity contribution in [2.75, 3.05) is 50.0 Å². The van der Waals surface area contributed by atoms with E-state index in [0.717, 1.165) is 99.2 Å². The van der Waals surface area contributed by atoms with Gasteiger partial charge in [0.2, 0.25) is 0 Å². The number of nitriles is 1. The Hall–Kier alpha value is -3.42. The third kappa shape index (κ3) is 5.72. The molecule has 2 aliphatic heterocycles. The number of ether oxygens (including phenoxy) is 1. The molecule has 0 spiro atoms. The zero-order chi connectivity index (χ0) is 27.6. The third-order valence-electron chi connectivity index (χ3n) is 7.60. The molecule has 40 heavy (non-hydrogen) atoms. The van der Waals surface area contributed by atoms with Gasteiger partial charge in [-0.05, 0) is 61.6 Å². The van der Waals surface area contributed by atoms with Gasteiger partial charge in [0.25, 0.3) is 0 Å². The predicted molar refractivity (Wildman–Crippen MR) is 157 cm³/mol. The van der Waals surface area contributed by atoms with Crippen LogP contribution in [0.1, 0.15) is 29.8 Å². The third-order valence-corrected chi connectivity index (χ3v) is 8.15. The highest BCUT2D eigenvalue weighted by Gasteiger charge is 2.25. The summed E-state index contributed by atoms with van der Waals surface area (Å²) >= 11 is 12.8. The molecular weight excluding hydrogens is 547 g/mol. The Kier molecular flexibility index (Phi) is 7.76. The molecular formula is C29H30Cl2N8O. The molecule has 0 amide bonds. The number of hydrogen-bond acceptors (Lipinski definition) is 8. The second-order valence-corrected chi connectivity index (χ2v) is 11.3. The SMILES string of the molecule is N#Cc1ccc(CC2CCCN(c3nc(-c4ccc(Cl)cc4Cl)cn4nc(CN5CCOCC5)cc34)C2)nc1N. The molecule has 11 heteroatoms. The molecule has 3 aromatic heterocycles. The second-order valence-electron chi connectivity index (χ2n) is 10.4. The van der Waals surface area contributed by atoms with Crippen LogP contribution in [0, 0.1) is 17.2 Å². The highest BCUT2D eigenvalue weighted by atomic mass is 35.5. The molecule has 5 heterocycles. The van der Waals surface area contributed by atoms with Crippen LogP contribution >= 0.6 is 23.2 Å². The number of morpholine rings is 1. The van der Waals surface area contributed by atoms with Crippen molar-refractivity contribution < 1.29 is 4.74 Å². The molecule has 0 bridgehead atoms. The number of nitrogens with zero attached hydrogens (tertiary/aromatic N) is 7. The van der Waals surface area contributed by atoms with Crippen LogP contribution in [-0.2, 0) is 17.7 Å². The first kappa shape index (κ1) is 26.8. The summed E-state index contributed by atoms with van der Waals surface area (Å²) in [6.07, 6.45) is 4.85. The molecule has 1 unspecified atom stereocenters.